The van der Waals surface area contributed by atoms with Gasteiger partial charge in [0.1, 0.15) is 11.4 Å². The molecule has 6 heteroatoms. The van der Waals surface area contributed by atoms with Crippen LogP contribution in [0.25, 0.3) is 0 Å². The molecule has 0 unspecified atom stereocenters. The molecule has 0 saturated heterocycles. The summed E-state index contributed by atoms with van der Waals surface area (Å²) in [6.45, 7) is 0.0125. The normalized spacial score (nSPS) is 20.3. The summed E-state index contributed by atoms with van der Waals surface area (Å²) in [5, 5.41) is 15.5. The fourth-order valence-electron chi connectivity index (χ4n) is 2.67. The Kier molecular flexibility index (Phi) is 4.47. The molecule has 2 amide bonds. The quantitative estimate of drug-likeness (QED) is 0.689. The highest BCUT2D eigenvalue weighted by Gasteiger charge is 2.35. The zero-order valence-corrected chi connectivity index (χ0v) is 12.2. The molecule has 1 aliphatic carbocycles. The highest BCUT2D eigenvalue weighted by molar-refractivity contribution is 6.35. The fraction of sp³-hybridized carbons (Fsp3) is 0.467. The van der Waals surface area contributed by atoms with E-state index >= 15 is 0 Å². The van der Waals surface area contributed by atoms with Crippen LogP contribution in [-0.2, 0) is 21.6 Å². The van der Waals surface area contributed by atoms with Gasteiger partial charge in [-0.25, -0.2) is 0 Å². The Morgan fingerprint density at radius 1 is 1.38 bits per heavy atom. The number of aryl methyl sites for hydroxylation is 1. The Balaban J connectivity index is 2.17. The Hall–Kier alpha value is -2.08. The van der Waals surface area contributed by atoms with Gasteiger partial charge in [-0.05, 0) is 42.5 Å². The maximum Gasteiger partial charge on any atom is 0.309 e. The summed E-state index contributed by atoms with van der Waals surface area (Å²) in [6, 6.07) is 5.51. The number of likely N-dealkylation sites (N-methyl/N-ethyl adjacent to an activating group) is 1. The largest absolute Gasteiger partial charge is 0.497 e. The first-order valence-electron chi connectivity index (χ1n) is 6.90. The van der Waals surface area contributed by atoms with Crippen molar-refractivity contribution in [1.29, 1.82) is 0 Å². The first-order valence-corrected chi connectivity index (χ1v) is 6.90. The van der Waals surface area contributed by atoms with Crippen LogP contribution in [0.15, 0.2) is 18.2 Å². The molecule has 0 spiro atoms. The third-order valence-electron chi connectivity index (χ3n) is 3.82. The average Bonchev–Trinajstić information content (AvgIpc) is 2.51. The predicted octanol–water partition coefficient (Wildman–Crippen LogP) is 0.0813. The smallest absolute Gasteiger partial charge is 0.309 e. The number of benzene rings is 1. The van der Waals surface area contributed by atoms with Gasteiger partial charge in [-0.2, -0.15) is 0 Å². The van der Waals surface area contributed by atoms with E-state index in [4.69, 9.17) is 4.74 Å². The number of aliphatic hydroxyl groups is 1. The second-order valence-corrected chi connectivity index (χ2v) is 5.17. The molecule has 2 rings (SSSR count). The molecule has 1 aliphatic rings. The number of hydrogen-bond donors (Lipinski definition) is 3. The summed E-state index contributed by atoms with van der Waals surface area (Å²) < 4.78 is 5.19. The number of carbonyl (C=O) groups excluding carboxylic acids is 2. The molecule has 0 fully saturated rings. The molecule has 114 valence electrons. The standard InChI is InChI=1S/C15H20N2O4/c1-16-13(18)14(19)17-9-15(20)7-3-4-10-8-11(21-2)5-6-12(10)15/h5-6,8,20H,3-4,7,9H2,1-2H3,(H,16,18)(H,17,19)/t15-/m0/s1. The van der Waals surface area contributed by atoms with Crippen LogP contribution in [0, 0.1) is 0 Å². The summed E-state index contributed by atoms with van der Waals surface area (Å²) in [5.74, 6) is -0.719. The zero-order chi connectivity index (χ0) is 15.5. The minimum atomic E-state index is -1.15. The number of ether oxygens (including phenoxy) is 1. The molecule has 1 atom stereocenters. The maximum absolute atomic E-state index is 11.5. The van der Waals surface area contributed by atoms with Crippen molar-refractivity contribution in [3.05, 3.63) is 29.3 Å². The van der Waals surface area contributed by atoms with Crippen LogP contribution in [0.2, 0.25) is 0 Å². The summed E-state index contributed by atoms with van der Waals surface area (Å²) in [5.41, 5.74) is 0.646. The molecule has 0 bridgehead atoms. The Bertz CT molecular complexity index is 559. The first-order chi connectivity index (χ1) is 10.00. The lowest BCUT2D eigenvalue weighted by atomic mass is 9.79. The van der Waals surface area contributed by atoms with Gasteiger partial charge in [0.05, 0.1) is 13.7 Å². The van der Waals surface area contributed by atoms with E-state index in [1.165, 1.54) is 7.05 Å². The van der Waals surface area contributed by atoms with Crippen molar-refractivity contribution in [3.8, 4) is 5.75 Å². The Morgan fingerprint density at radius 3 is 2.81 bits per heavy atom. The van der Waals surface area contributed by atoms with E-state index in [2.05, 4.69) is 10.6 Å². The molecule has 6 nitrogen and oxygen atoms in total. The van der Waals surface area contributed by atoms with E-state index in [-0.39, 0.29) is 6.54 Å². The maximum atomic E-state index is 11.5. The van der Waals surface area contributed by atoms with Crippen LogP contribution in [-0.4, -0.2) is 37.6 Å². The molecule has 0 saturated carbocycles. The van der Waals surface area contributed by atoms with Crippen molar-refractivity contribution < 1.29 is 19.4 Å². The average molecular weight is 292 g/mol. The summed E-state index contributed by atoms with van der Waals surface area (Å²) >= 11 is 0. The van der Waals surface area contributed by atoms with Crippen molar-refractivity contribution in [2.24, 2.45) is 0 Å². The monoisotopic (exact) mass is 292 g/mol. The summed E-state index contributed by atoms with van der Waals surface area (Å²) in [6.07, 6.45) is 2.21. The number of methoxy groups -OCH3 is 1. The van der Waals surface area contributed by atoms with Crippen molar-refractivity contribution in [1.82, 2.24) is 10.6 Å². The van der Waals surface area contributed by atoms with E-state index in [1.807, 2.05) is 12.1 Å². The Labute approximate surface area is 123 Å². The number of hydrogen-bond acceptors (Lipinski definition) is 4. The van der Waals surface area contributed by atoms with Crippen LogP contribution in [0.4, 0.5) is 0 Å². The molecule has 0 heterocycles. The van der Waals surface area contributed by atoms with Crippen LogP contribution in [0.5, 0.6) is 5.75 Å². The van der Waals surface area contributed by atoms with Gasteiger partial charge in [-0.1, -0.05) is 6.07 Å². The Morgan fingerprint density at radius 2 is 2.14 bits per heavy atom. The molecule has 1 aromatic carbocycles. The second kappa shape index (κ2) is 6.13. The van der Waals surface area contributed by atoms with E-state index in [1.54, 1.807) is 13.2 Å². The highest BCUT2D eigenvalue weighted by Crippen LogP contribution is 2.36. The number of carbonyl (C=O) groups is 2. The minimum absolute atomic E-state index is 0.0125. The van der Waals surface area contributed by atoms with Gasteiger partial charge in [0.15, 0.2) is 0 Å². The fourth-order valence-corrected chi connectivity index (χ4v) is 2.67. The lowest BCUT2D eigenvalue weighted by Crippen LogP contribution is -2.47. The third kappa shape index (κ3) is 3.16. The predicted molar refractivity (Wildman–Crippen MR) is 76.9 cm³/mol. The molecule has 0 aromatic heterocycles. The molecule has 0 radical (unpaired) electrons. The van der Waals surface area contributed by atoms with E-state index in [0.29, 0.717) is 6.42 Å². The van der Waals surface area contributed by atoms with Gasteiger partial charge in [-0.3, -0.25) is 9.59 Å². The highest BCUT2D eigenvalue weighted by atomic mass is 16.5. The van der Waals surface area contributed by atoms with Gasteiger partial charge < -0.3 is 20.5 Å². The zero-order valence-electron chi connectivity index (χ0n) is 12.2. The van der Waals surface area contributed by atoms with Crippen LogP contribution < -0.4 is 15.4 Å². The van der Waals surface area contributed by atoms with E-state index in [9.17, 15) is 14.7 Å². The number of nitrogens with one attached hydrogen (secondary N) is 2. The van der Waals surface area contributed by atoms with Crippen LogP contribution in [0.1, 0.15) is 24.0 Å². The molecular weight excluding hydrogens is 272 g/mol. The topological polar surface area (TPSA) is 87.7 Å². The van der Waals surface area contributed by atoms with Crippen LogP contribution in [0.3, 0.4) is 0 Å². The van der Waals surface area contributed by atoms with Gasteiger partial charge in [0.2, 0.25) is 0 Å². The summed E-state index contributed by atoms with van der Waals surface area (Å²) in [7, 11) is 2.99. The van der Waals surface area contributed by atoms with Crippen molar-refractivity contribution in [3.63, 3.8) is 0 Å². The van der Waals surface area contributed by atoms with Gasteiger partial charge in [-0.15, -0.1) is 0 Å². The molecule has 1 aromatic rings. The SMILES string of the molecule is CNC(=O)C(=O)NC[C@@]1(O)CCCc2cc(OC)ccc21. The van der Waals surface area contributed by atoms with Crippen molar-refractivity contribution in [2.45, 2.75) is 24.9 Å². The van der Waals surface area contributed by atoms with Crippen LogP contribution >= 0.6 is 0 Å². The minimum Gasteiger partial charge on any atom is -0.497 e. The second-order valence-electron chi connectivity index (χ2n) is 5.17. The van der Waals surface area contributed by atoms with Crippen molar-refractivity contribution >= 4 is 11.8 Å². The number of rotatable bonds is 3. The lowest BCUT2D eigenvalue weighted by Gasteiger charge is -2.34. The molecule has 3 N–H and O–H groups in total. The number of amides is 2. The van der Waals surface area contributed by atoms with Gasteiger partial charge in [0.25, 0.3) is 0 Å². The van der Waals surface area contributed by atoms with E-state index < -0.39 is 17.4 Å². The third-order valence-corrected chi connectivity index (χ3v) is 3.82. The van der Waals surface area contributed by atoms with Crippen molar-refractivity contribution in [2.75, 3.05) is 20.7 Å². The first kappa shape index (κ1) is 15.3. The molecule has 21 heavy (non-hydrogen) atoms. The molecular formula is C15H20N2O4. The van der Waals surface area contributed by atoms with Gasteiger partial charge >= 0.3 is 11.8 Å². The lowest BCUT2D eigenvalue weighted by molar-refractivity contribution is -0.139. The number of fused-ring (bicyclic) bond motifs is 1. The summed E-state index contributed by atoms with van der Waals surface area (Å²) in [4.78, 5) is 22.7. The van der Waals surface area contributed by atoms with E-state index in [0.717, 1.165) is 29.7 Å². The van der Waals surface area contributed by atoms with Gasteiger partial charge in [0, 0.05) is 7.05 Å². The molecule has 0 aliphatic heterocycles.